The van der Waals surface area contributed by atoms with Gasteiger partial charge in [-0.05, 0) is 24.1 Å². The molecule has 1 aliphatic rings. The van der Waals surface area contributed by atoms with Crippen molar-refractivity contribution in [2.45, 2.75) is 12.5 Å². The van der Waals surface area contributed by atoms with E-state index in [0.717, 1.165) is 5.56 Å². The van der Waals surface area contributed by atoms with Crippen LogP contribution in [0.5, 0.6) is 0 Å². The predicted molar refractivity (Wildman–Crippen MR) is 70.9 cm³/mol. The van der Waals surface area contributed by atoms with E-state index < -0.39 is 6.04 Å². The first-order valence-corrected chi connectivity index (χ1v) is 6.42. The van der Waals surface area contributed by atoms with Gasteiger partial charge in [0.25, 0.3) is 0 Å². The highest BCUT2D eigenvalue weighted by Gasteiger charge is 2.24. The number of carbonyl (C=O) groups excluding carboxylic acids is 2. The fourth-order valence-corrected chi connectivity index (χ4v) is 2.05. The molecule has 0 radical (unpaired) electrons. The summed E-state index contributed by atoms with van der Waals surface area (Å²) >= 11 is 5.87. The van der Waals surface area contributed by atoms with Crippen molar-refractivity contribution >= 4 is 23.4 Å². The van der Waals surface area contributed by atoms with Crippen LogP contribution < -0.4 is 10.6 Å². The minimum atomic E-state index is -0.597. The highest BCUT2D eigenvalue weighted by atomic mass is 35.5. The summed E-state index contributed by atoms with van der Waals surface area (Å²) in [6, 6.07) is 6.89. The zero-order valence-electron chi connectivity index (χ0n) is 10.3. The first-order valence-electron chi connectivity index (χ1n) is 6.04. The molecule has 2 N–H and O–H groups in total. The average molecular weight is 283 g/mol. The van der Waals surface area contributed by atoms with Crippen LogP contribution in [0.1, 0.15) is 5.56 Å². The van der Waals surface area contributed by atoms with Gasteiger partial charge in [0.1, 0.15) is 12.6 Å². The summed E-state index contributed by atoms with van der Waals surface area (Å²) in [6.45, 7) is 0.729. The van der Waals surface area contributed by atoms with Gasteiger partial charge in [0.2, 0.25) is 11.8 Å². The molecule has 1 saturated heterocycles. The maximum absolute atomic E-state index is 11.8. The summed E-state index contributed by atoms with van der Waals surface area (Å²) in [7, 11) is 0. The average Bonchev–Trinajstić information content (AvgIpc) is 2.38. The van der Waals surface area contributed by atoms with Gasteiger partial charge in [0.15, 0.2) is 0 Å². The third-order valence-electron chi connectivity index (χ3n) is 2.77. The van der Waals surface area contributed by atoms with Crippen molar-refractivity contribution in [1.29, 1.82) is 0 Å². The summed E-state index contributed by atoms with van der Waals surface area (Å²) in [5, 5.41) is 6.02. The molecule has 0 aromatic heterocycles. The topological polar surface area (TPSA) is 67.4 Å². The van der Waals surface area contributed by atoms with Crippen LogP contribution in [0.3, 0.4) is 0 Å². The number of carbonyl (C=O) groups is 2. The van der Waals surface area contributed by atoms with Crippen LogP contribution in [0.15, 0.2) is 24.3 Å². The Bertz CT molecular complexity index is 479. The molecular weight excluding hydrogens is 268 g/mol. The van der Waals surface area contributed by atoms with E-state index in [0.29, 0.717) is 18.0 Å². The second kappa shape index (κ2) is 6.54. The third-order valence-corrected chi connectivity index (χ3v) is 3.01. The van der Waals surface area contributed by atoms with Crippen LogP contribution >= 0.6 is 11.6 Å². The quantitative estimate of drug-likeness (QED) is 0.846. The maximum Gasteiger partial charge on any atom is 0.246 e. The Morgan fingerprint density at radius 3 is 3.11 bits per heavy atom. The molecule has 1 aromatic carbocycles. The van der Waals surface area contributed by atoms with Crippen LogP contribution in [-0.2, 0) is 20.7 Å². The second-order valence-corrected chi connectivity index (χ2v) is 4.74. The Morgan fingerprint density at radius 1 is 1.53 bits per heavy atom. The molecule has 19 heavy (non-hydrogen) atoms. The van der Waals surface area contributed by atoms with Crippen LogP contribution in [0.4, 0.5) is 0 Å². The largest absolute Gasteiger partial charge is 0.369 e. The number of nitrogens with one attached hydrogen (secondary N) is 2. The Hall–Kier alpha value is -1.59. The first kappa shape index (κ1) is 13.8. The van der Waals surface area contributed by atoms with Crippen molar-refractivity contribution in [2.24, 2.45) is 0 Å². The van der Waals surface area contributed by atoms with Crippen molar-refractivity contribution in [3.63, 3.8) is 0 Å². The van der Waals surface area contributed by atoms with Crippen molar-refractivity contribution < 1.29 is 14.3 Å². The molecule has 0 aliphatic carbocycles. The van der Waals surface area contributed by atoms with E-state index in [-0.39, 0.29) is 25.0 Å². The monoisotopic (exact) mass is 282 g/mol. The normalized spacial score (nSPS) is 18.8. The Labute approximate surface area is 116 Å². The number of rotatable bonds is 4. The number of ether oxygens (including phenoxy) is 1. The summed E-state index contributed by atoms with van der Waals surface area (Å²) in [4.78, 5) is 22.8. The Kier molecular flexibility index (Phi) is 4.76. The van der Waals surface area contributed by atoms with Crippen molar-refractivity contribution in [3.8, 4) is 0 Å². The molecule has 1 aliphatic heterocycles. The molecule has 2 amide bonds. The minimum absolute atomic E-state index is 0.0201. The summed E-state index contributed by atoms with van der Waals surface area (Å²) in [5.74, 6) is -0.490. The molecule has 0 spiro atoms. The van der Waals surface area contributed by atoms with Crippen LogP contribution in [0, 0.1) is 0 Å². The lowest BCUT2D eigenvalue weighted by atomic mass is 10.1. The van der Waals surface area contributed by atoms with Gasteiger partial charge in [-0.3, -0.25) is 9.59 Å². The van der Waals surface area contributed by atoms with Gasteiger partial charge in [-0.25, -0.2) is 0 Å². The summed E-state index contributed by atoms with van der Waals surface area (Å²) < 4.78 is 5.01. The number of benzene rings is 1. The summed E-state index contributed by atoms with van der Waals surface area (Å²) in [5.41, 5.74) is 1.05. The second-order valence-electron chi connectivity index (χ2n) is 4.31. The molecule has 2 rings (SSSR count). The van der Waals surface area contributed by atoms with Crippen molar-refractivity contribution in [1.82, 2.24) is 10.6 Å². The van der Waals surface area contributed by atoms with Gasteiger partial charge in [0, 0.05) is 11.6 Å². The lowest BCUT2D eigenvalue weighted by molar-refractivity contribution is -0.138. The molecule has 1 aromatic rings. The van der Waals surface area contributed by atoms with Crippen molar-refractivity contribution in [2.75, 3.05) is 19.8 Å². The smallest absolute Gasteiger partial charge is 0.246 e. The highest BCUT2D eigenvalue weighted by Crippen LogP contribution is 2.10. The van der Waals surface area contributed by atoms with E-state index in [4.69, 9.17) is 16.3 Å². The molecule has 5 nitrogen and oxygen atoms in total. The lowest BCUT2D eigenvalue weighted by Gasteiger charge is -2.22. The number of hydrogen-bond donors (Lipinski definition) is 2. The maximum atomic E-state index is 11.8. The minimum Gasteiger partial charge on any atom is -0.369 e. The molecule has 1 atom stereocenters. The molecule has 1 fully saturated rings. The number of amides is 2. The van der Waals surface area contributed by atoms with E-state index >= 15 is 0 Å². The standard InChI is InChI=1S/C13H15ClN2O3/c14-10-3-1-2-9(6-10)4-5-15-13(18)11-7-19-8-12(17)16-11/h1-3,6,11H,4-5,7-8H2,(H,15,18)(H,16,17). The molecule has 0 saturated carbocycles. The fourth-order valence-electron chi connectivity index (χ4n) is 1.83. The van der Waals surface area contributed by atoms with Gasteiger partial charge < -0.3 is 15.4 Å². The molecular formula is C13H15ClN2O3. The third kappa shape index (κ3) is 4.22. The zero-order valence-corrected chi connectivity index (χ0v) is 11.1. The van der Waals surface area contributed by atoms with Gasteiger partial charge >= 0.3 is 0 Å². The Morgan fingerprint density at radius 2 is 2.37 bits per heavy atom. The number of halogens is 1. The zero-order chi connectivity index (χ0) is 13.7. The lowest BCUT2D eigenvalue weighted by Crippen LogP contribution is -2.54. The summed E-state index contributed by atoms with van der Waals surface area (Å²) in [6.07, 6.45) is 0.688. The van der Waals surface area contributed by atoms with E-state index in [1.165, 1.54) is 0 Å². The predicted octanol–water partition coefficient (Wildman–Crippen LogP) is 0.514. The highest BCUT2D eigenvalue weighted by molar-refractivity contribution is 6.30. The van der Waals surface area contributed by atoms with Gasteiger partial charge in [0.05, 0.1) is 6.61 Å². The van der Waals surface area contributed by atoms with Crippen LogP contribution in [0.2, 0.25) is 5.02 Å². The van der Waals surface area contributed by atoms with Gasteiger partial charge in [-0.15, -0.1) is 0 Å². The van der Waals surface area contributed by atoms with E-state index in [9.17, 15) is 9.59 Å². The van der Waals surface area contributed by atoms with Crippen molar-refractivity contribution in [3.05, 3.63) is 34.9 Å². The molecule has 6 heteroatoms. The molecule has 0 bridgehead atoms. The van der Waals surface area contributed by atoms with Crippen LogP contribution in [-0.4, -0.2) is 37.6 Å². The first-order chi connectivity index (χ1) is 9.15. The number of hydrogen-bond acceptors (Lipinski definition) is 3. The molecule has 102 valence electrons. The van der Waals surface area contributed by atoms with Gasteiger partial charge in [-0.2, -0.15) is 0 Å². The van der Waals surface area contributed by atoms with E-state index in [1.807, 2.05) is 18.2 Å². The van der Waals surface area contributed by atoms with Crippen LogP contribution in [0.25, 0.3) is 0 Å². The Balaban J connectivity index is 1.76. The van der Waals surface area contributed by atoms with Gasteiger partial charge in [-0.1, -0.05) is 23.7 Å². The fraction of sp³-hybridized carbons (Fsp3) is 0.385. The molecule has 1 heterocycles. The van der Waals surface area contributed by atoms with E-state index in [1.54, 1.807) is 6.07 Å². The SMILES string of the molecule is O=C1COCC(C(=O)NCCc2cccc(Cl)c2)N1. The van der Waals surface area contributed by atoms with E-state index in [2.05, 4.69) is 10.6 Å². The molecule has 1 unspecified atom stereocenters. The number of morpholine rings is 1.